The Hall–Kier alpha value is -3.07. The highest BCUT2D eigenvalue weighted by atomic mass is 19.2. The monoisotopic (exact) mass is 366 g/mol. The van der Waals surface area contributed by atoms with Gasteiger partial charge in [0.25, 0.3) is 11.6 Å². The van der Waals surface area contributed by atoms with Crippen molar-refractivity contribution in [2.75, 3.05) is 11.9 Å². The molecule has 1 amide bonds. The normalized spacial score (nSPS) is 13.0. The van der Waals surface area contributed by atoms with Crippen molar-refractivity contribution >= 4 is 17.3 Å². The Morgan fingerprint density at radius 3 is 2.54 bits per heavy atom. The number of nitro groups is 1. The highest BCUT2D eigenvalue weighted by molar-refractivity contribution is 5.97. The number of nitro benzene ring substituents is 1. The Kier molecular flexibility index (Phi) is 5.51. The summed E-state index contributed by atoms with van der Waals surface area (Å²) in [6, 6.07) is 6.77. The molecule has 0 aromatic heterocycles. The molecule has 0 aliphatic heterocycles. The van der Waals surface area contributed by atoms with Crippen LogP contribution in [0.15, 0.2) is 36.4 Å². The number of halogens is 2. The highest BCUT2D eigenvalue weighted by Crippen LogP contribution is 2.23. The summed E-state index contributed by atoms with van der Waals surface area (Å²) < 4.78 is 31.1. The Morgan fingerprint density at radius 2 is 1.96 bits per heavy atom. The van der Waals surface area contributed by atoms with Gasteiger partial charge in [0.1, 0.15) is 12.4 Å². The molecular formula is C17H16F2N2O5. The quantitative estimate of drug-likeness (QED) is 0.605. The lowest BCUT2D eigenvalue weighted by molar-refractivity contribution is -0.385. The van der Waals surface area contributed by atoms with Crippen molar-refractivity contribution in [2.45, 2.75) is 19.4 Å². The molecule has 0 saturated heterocycles. The third-order valence-corrected chi connectivity index (χ3v) is 3.55. The lowest BCUT2D eigenvalue weighted by Crippen LogP contribution is -2.45. The van der Waals surface area contributed by atoms with Crippen molar-refractivity contribution in [3.05, 3.63) is 63.7 Å². The lowest BCUT2D eigenvalue weighted by Gasteiger charge is -2.22. The largest absolute Gasteiger partial charge is 0.490 e. The maximum Gasteiger partial charge on any atom is 0.272 e. The molecule has 2 aromatic carbocycles. The van der Waals surface area contributed by atoms with Gasteiger partial charge in [-0.05, 0) is 38.1 Å². The number of amides is 1. The first-order valence-corrected chi connectivity index (χ1v) is 7.47. The molecule has 2 aromatic rings. The van der Waals surface area contributed by atoms with E-state index in [0.29, 0.717) is 5.56 Å². The van der Waals surface area contributed by atoms with E-state index in [0.717, 1.165) is 18.2 Å². The Balaban J connectivity index is 2.03. The fraction of sp³-hybridized carbons (Fsp3) is 0.235. The van der Waals surface area contributed by atoms with Gasteiger partial charge >= 0.3 is 0 Å². The van der Waals surface area contributed by atoms with E-state index in [4.69, 9.17) is 4.74 Å². The maximum atomic E-state index is 13.1. The van der Waals surface area contributed by atoms with Crippen LogP contribution in [-0.2, 0) is 4.79 Å². The second kappa shape index (κ2) is 7.44. The van der Waals surface area contributed by atoms with Crippen molar-refractivity contribution < 1.29 is 28.3 Å². The molecule has 0 fully saturated rings. The Labute approximate surface area is 147 Å². The van der Waals surface area contributed by atoms with Crippen molar-refractivity contribution in [1.29, 1.82) is 0 Å². The van der Waals surface area contributed by atoms with Crippen molar-refractivity contribution in [3.8, 4) is 5.75 Å². The molecule has 1 atom stereocenters. The molecule has 138 valence electrons. The number of aliphatic hydroxyl groups is 1. The molecule has 0 radical (unpaired) electrons. The summed E-state index contributed by atoms with van der Waals surface area (Å²) in [5, 5.41) is 23.4. The fourth-order valence-electron chi connectivity index (χ4n) is 2.06. The van der Waals surface area contributed by atoms with Crippen molar-refractivity contribution in [2.24, 2.45) is 0 Å². The molecule has 0 heterocycles. The summed E-state index contributed by atoms with van der Waals surface area (Å²) in [4.78, 5) is 22.4. The summed E-state index contributed by atoms with van der Waals surface area (Å²) in [5.41, 5.74) is -1.49. The van der Waals surface area contributed by atoms with E-state index in [1.54, 1.807) is 0 Å². The van der Waals surface area contributed by atoms with Crippen LogP contribution < -0.4 is 10.1 Å². The summed E-state index contributed by atoms with van der Waals surface area (Å²) in [7, 11) is 0. The predicted octanol–water partition coefficient (Wildman–Crippen LogP) is 2.95. The van der Waals surface area contributed by atoms with Crippen LogP contribution in [0.2, 0.25) is 0 Å². The average Bonchev–Trinajstić information content (AvgIpc) is 2.55. The number of nitrogens with zero attached hydrogens (tertiary/aromatic N) is 1. The minimum absolute atomic E-state index is 0.0526. The Morgan fingerprint density at radius 1 is 1.27 bits per heavy atom. The van der Waals surface area contributed by atoms with Crippen LogP contribution in [0.5, 0.6) is 5.75 Å². The second-order valence-corrected chi connectivity index (χ2v) is 5.85. The zero-order chi connectivity index (χ0) is 19.5. The molecule has 0 aliphatic carbocycles. The second-order valence-electron chi connectivity index (χ2n) is 5.85. The summed E-state index contributed by atoms with van der Waals surface area (Å²) in [6.45, 7) is 2.18. The van der Waals surface area contributed by atoms with Gasteiger partial charge in [-0.3, -0.25) is 14.9 Å². The maximum absolute atomic E-state index is 13.1. The molecular weight excluding hydrogens is 350 g/mol. The topological polar surface area (TPSA) is 102 Å². The molecule has 7 nitrogen and oxygen atoms in total. The van der Waals surface area contributed by atoms with E-state index in [2.05, 4.69) is 5.32 Å². The molecule has 1 unspecified atom stereocenters. The first kappa shape index (κ1) is 19.3. The highest BCUT2D eigenvalue weighted by Gasteiger charge is 2.32. The lowest BCUT2D eigenvalue weighted by atomic mass is 10.1. The number of nitrogens with one attached hydrogen (secondary N) is 1. The molecule has 0 saturated carbocycles. The number of anilines is 1. The van der Waals surface area contributed by atoms with Crippen molar-refractivity contribution in [1.82, 2.24) is 0 Å². The molecule has 0 bridgehead atoms. The van der Waals surface area contributed by atoms with Crippen LogP contribution in [0.4, 0.5) is 20.2 Å². The Bertz CT molecular complexity index is 855. The van der Waals surface area contributed by atoms with Gasteiger partial charge in [0.05, 0.1) is 4.92 Å². The SMILES string of the molecule is Cc1cc(NC(=O)C(C)(O)COc2ccc(F)c(F)c2)ccc1[N+](=O)[O-]. The zero-order valence-corrected chi connectivity index (χ0v) is 14.0. The number of rotatable bonds is 6. The third kappa shape index (κ3) is 4.51. The van der Waals surface area contributed by atoms with Gasteiger partial charge in [-0.1, -0.05) is 0 Å². The minimum Gasteiger partial charge on any atom is -0.490 e. The zero-order valence-electron chi connectivity index (χ0n) is 14.0. The van der Waals surface area contributed by atoms with Gasteiger partial charge in [-0.15, -0.1) is 0 Å². The van der Waals surface area contributed by atoms with Gasteiger partial charge < -0.3 is 15.2 Å². The van der Waals surface area contributed by atoms with E-state index in [9.17, 15) is 28.8 Å². The molecule has 26 heavy (non-hydrogen) atoms. The fourth-order valence-corrected chi connectivity index (χ4v) is 2.06. The summed E-state index contributed by atoms with van der Waals surface area (Å²) in [5.74, 6) is -3.04. The van der Waals surface area contributed by atoms with Crippen LogP contribution >= 0.6 is 0 Å². The average molecular weight is 366 g/mol. The molecule has 0 spiro atoms. The number of hydrogen-bond acceptors (Lipinski definition) is 5. The number of ether oxygens (including phenoxy) is 1. The summed E-state index contributed by atoms with van der Waals surface area (Å²) >= 11 is 0. The third-order valence-electron chi connectivity index (χ3n) is 3.55. The molecule has 2 rings (SSSR count). The van der Waals surface area contributed by atoms with Crippen molar-refractivity contribution in [3.63, 3.8) is 0 Å². The van der Waals surface area contributed by atoms with Gasteiger partial charge in [-0.25, -0.2) is 8.78 Å². The van der Waals surface area contributed by atoms with E-state index >= 15 is 0 Å². The van der Waals surface area contributed by atoms with E-state index in [-0.39, 0.29) is 17.1 Å². The van der Waals surface area contributed by atoms with Crippen LogP contribution in [-0.4, -0.2) is 28.1 Å². The molecule has 9 heteroatoms. The number of aryl methyl sites for hydroxylation is 1. The summed E-state index contributed by atoms with van der Waals surface area (Å²) in [6.07, 6.45) is 0. The smallest absolute Gasteiger partial charge is 0.272 e. The molecule has 2 N–H and O–H groups in total. The van der Waals surface area contributed by atoms with Crippen LogP contribution in [0.3, 0.4) is 0 Å². The van der Waals surface area contributed by atoms with Crippen LogP contribution in [0.25, 0.3) is 0 Å². The van der Waals surface area contributed by atoms with Crippen LogP contribution in [0.1, 0.15) is 12.5 Å². The predicted molar refractivity (Wildman–Crippen MR) is 88.9 cm³/mol. The number of hydrogen-bond donors (Lipinski definition) is 2. The minimum atomic E-state index is -1.99. The van der Waals surface area contributed by atoms with Gasteiger partial charge in [-0.2, -0.15) is 0 Å². The first-order valence-electron chi connectivity index (χ1n) is 7.47. The van der Waals surface area contributed by atoms with Gasteiger partial charge in [0.2, 0.25) is 0 Å². The van der Waals surface area contributed by atoms with E-state index in [1.807, 2.05) is 0 Å². The standard InChI is InChI=1S/C17H16F2N2O5/c1-10-7-11(3-6-15(10)21(24)25)20-16(22)17(2,23)9-26-12-4-5-13(18)14(19)8-12/h3-8,23H,9H2,1-2H3,(H,20,22). The number of carbonyl (C=O) groups is 1. The van der Waals surface area contributed by atoms with E-state index < -0.39 is 34.7 Å². The van der Waals surface area contributed by atoms with E-state index in [1.165, 1.54) is 32.0 Å². The van der Waals surface area contributed by atoms with Crippen LogP contribution in [0, 0.1) is 28.7 Å². The molecule has 0 aliphatic rings. The van der Waals surface area contributed by atoms with Gasteiger partial charge in [0, 0.05) is 23.4 Å². The number of carbonyl (C=O) groups excluding carboxylic acids is 1. The van der Waals surface area contributed by atoms with Gasteiger partial charge in [0.15, 0.2) is 17.2 Å². The first-order chi connectivity index (χ1) is 12.1. The number of benzene rings is 2.